The van der Waals surface area contributed by atoms with E-state index in [0.29, 0.717) is 39.4 Å². The van der Waals surface area contributed by atoms with E-state index in [-0.39, 0.29) is 24.1 Å². The maximum Gasteiger partial charge on any atom is 0.410 e. The molecule has 3 heterocycles. The van der Waals surface area contributed by atoms with Crippen molar-refractivity contribution in [2.75, 3.05) is 45.9 Å². The van der Waals surface area contributed by atoms with Gasteiger partial charge in [-0.2, -0.15) is 0 Å². The molecule has 0 spiro atoms. The first-order valence-electron chi connectivity index (χ1n) is 8.43. The third-order valence-electron chi connectivity index (χ3n) is 4.68. The van der Waals surface area contributed by atoms with Gasteiger partial charge in [-0.1, -0.05) is 0 Å². The van der Waals surface area contributed by atoms with E-state index in [1.165, 1.54) is 0 Å². The Bertz CT molecular complexity index is 470. The molecule has 3 rings (SSSR count). The Morgan fingerprint density at radius 2 is 1.83 bits per heavy atom. The van der Waals surface area contributed by atoms with Gasteiger partial charge in [-0.15, -0.1) is 0 Å². The lowest BCUT2D eigenvalue weighted by molar-refractivity contribution is -0.137. The van der Waals surface area contributed by atoms with E-state index in [1.807, 2.05) is 30.6 Å². The second-order valence-electron chi connectivity index (χ2n) is 7.60. The van der Waals surface area contributed by atoms with Crippen molar-refractivity contribution in [1.29, 1.82) is 0 Å². The van der Waals surface area contributed by atoms with Gasteiger partial charge in [-0.3, -0.25) is 9.69 Å². The Morgan fingerprint density at radius 3 is 2.39 bits per heavy atom. The predicted molar refractivity (Wildman–Crippen MR) is 84.1 cm³/mol. The number of fused-ring (bicyclic) bond motifs is 2. The molecule has 0 N–H and O–H groups in total. The monoisotopic (exact) mass is 325 g/mol. The second-order valence-corrected chi connectivity index (χ2v) is 7.60. The average molecular weight is 325 g/mol. The zero-order valence-electron chi connectivity index (χ0n) is 14.3. The molecule has 23 heavy (non-hydrogen) atoms. The molecule has 2 bridgehead atoms. The van der Waals surface area contributed by atoms with Gasteiger partial charge in [0, 0.05) is 38.3 Å². The Morgan fingerprint density at radius 1 is 1.13 bits per heavy atom. The number of ether oxygens (including phenoxy) is 2. The highest BCUT2D eigenvalue weighted by Gasteiger charge is 2.47. The SMILES string of the molecule is CC(C)(C)OC(=O)N1C[C@@H]2C[C@H]1CN2CC(=O)N1CCOCC1. The number of piperazine rings is 1. The van der Waals surface area contributed by atoms with Crippen LogP contribution in [0.25, 0.3) is 0 Å². The first-order valence-corrected chi connectivity index (χ1v) is 8.43. The summed E-state index contributed by atoms with van der Waals surface area (Å²) in [7, 11) is 0. The minimum Gasteiger partial charge on any atom is -0.444 e. The molecule has 0 aromatic rings. The van der Waals surface area contributed by atoms with E-state index in [9.17, 15) is 9.59 Å². The van der Waals surface area contributed by atoms with E-state index >= 15 is 0 Å². The molecular weight excluding hydrogens is 298 g/mol. The highest BCUT2D eigenvalue weighted by atomic mass is 16.6. The number of amides is 2. The van der Waals surface area contributed by atoms with Crippen LogP contribution in [0.15, 0.2) is 0 Å². The van der Waals surface area contributed by atoms with Gasteiger partial charge in [-0.05, 0) is 27.2 Å². The van der Waals surface area contributed by atoms with E-state index < -0.39 is 5.60 Å². The Balaban J connectivity index is 1.50. The highest BCUT2D eigenvalue weighted by molar-refractivity contribution is 5.78. The Hall–Kier alpha value is -1.34. The van der Waals surface area contributed by atoms with Crippen LogP contribution in [0.3, 0.4) is 0 Å². The summed E-state index contributed by atoms with van der Waals surface area (Å²) in [5.41, 5.74) is -0.467. The summed E-state index contributed by atoms with van der Waals surface area (Å²) in [4.78, 5) is 30.5. The maximum atomic E-state index is 12.4. The molecule has 0 unspecified atom stereocenters. The number of morpholine rings is 1. The van der Waals surface area contributed by atoms with Crippen LogP contribution in [0.1, 0.15) is 27.2 Å². The minimum absolute atomic E-state index is 0.171. The van der Waals surface area contributed by atoms with Crippen molar-refractivity contribution in [2.45, 2.75) is 44.9 Å². The molecular formula is C16H27N3O4. The first kappa shape index (κ1) is 16.5. The molecule has 3 aliphatic rings. The molecule has 7 nitrogen and oxygen atoms in total. The molecule has 0 aromatic carbocycles. The van der Waals surface area contributed by atoms with Gasteiger partial charge < -0.3 is 19.3 Å². The van der Waals surface area contributed by atoms with Crippen molar-refractivity contribution < 1.29 is 19.1 Å². The number of nitrogens with zero attached hydrogens (tertiary/aromatic N) is 3. The van der Waals surface area contributed by atoms with E-state index in [2.05, 4.69) is 4.90 Å². The molecule has 0 aliphatic carbocycles. The van der Waals surface area contributed by atoms with Gasteiger partial charge in [0.2, 0.25) is 5.91 Å². The van der Waals surface area contributed by atoms with Crippen LogP contribution in [-0.2, 0) is 14.3 Å². The van der Waals surface area contributed by atoms with Crippen LogP contribution in [0.5, 0.6) is 0 Å². The number of rotatable bonds is 2. The van der Waals surface area contributed by atoms with Gasteiger partial charge in [0.1, 0.15) is 5.60 Å². The summed E-state index contributed by atoms with van der Waals surface area (Å²) in [6.45, 7) is 10.1. The lowest BCUT2D eigenvalue weighted by Crippen LogP contribution is -2.53. The third kappa shape index (κ3) is 3.77. The standard InChI is InChI=1S/C16H27N3O4/c1-16(2,3)23-15(21)19-10-12-8-13(19)9-18(12)11-14(20)17-4-6-22-7-5-17/h12-13H,4-11H2,1-3H3/t12-,13-/m0/s1. The minimum atomic E-state index is -0.467. The fourth-order valence-electron chi connectivity index (χ4n) is 3.57. The lowest BCUT2D eigenvalue weighted by atomic mass is 10.2. The van der Waals surface area contributed by atoms with Crippen molar-refractivity contribution in [3.05, 3.63) is 0 Å². The van der Waals surface area contributed by atoms with E-state index in [1.54, 1.807) is 0 Å². The van der Waals surface area contributed by atoms with Crippen LogP contribution in [-0.4, -0.2) is 90.3 Å². The first-order chi connectivity index (χ1) is 10.8. The van der Waals surface area contributed by atoms with Crippen molar-refractivity contribution in [3.63, 3.8) is 0 Å². The van der Waals surface area contributed by atoms with Crippen molar-refractivity contribution in [2.24, 2.45) is 0 Å². The molecule has 130 valence electrons. The number of hydrogen-bond donors (Lipinski definition) is 0. The smallest absolute Gasteiger partial charge is 0.410 e. The normalized spacial score (nSPS) is 28.3. The van der Waals surface area contributed by atoms with Crippen LogP contribution in [0.4, 0.5) is 4.79 Å². The number of hydrogen-bond acceptors (Lipinski definition) is 5. The summed E-state index contributed by atoms with van der Waals surface area (Å²) in [6.07, 6.45) is 0.708. The molecule has 0 radical (unpaired) electrons. The van der Waals surface area contributed by atoms with Crippen LogP contribution in [0, 0.1) is 0 Å². The summed E-state index contributed by atoms with van der Waals surface area (Å²) in [5, 5.41) is 0. The largest absolute Gasteiger partial charge is 0.444 e. The summed E-state index contributed by atoms with van der Waals surface area (Å²) in [6, 6.07) is 0.449. The predicted octanol–water partition coefficient (Wildman–Crippen LogP) is 0.539. The Labute approximate surface area is 137 Å². The van der Waals surface area contributed by atoms with Crippen LogP contribution >= 0.6 is 0 Å². The molecule has 7 heteroatoms. The highest BCUT2D eigenvalue weighted by Crippen LogP contribution is 2.31. The fraction of sp³-hybridized carbons (Fsp3) is 0.875. The van der Waals surface area contributed by atoms with E-state index in [4.69, 9.17) is 9.47 Å². The zero-order valence-corrected chi connectivity index (χ0v) is 14.3. The second kappa shape index (κ2) is 6.28. The molecule has 2 amide bonds. The maximum absolute atomic E-state index is 12.4. The van der Waals surface area contributed by atoms with Gasteiger partial charge in [-0.25, -0.2) is 4.79 Å². The van der Waals surface area contributed by atoms with Gasteiger partial charge in [0.15, 0.2) is 0 Å². The van der Waals surface area contributed by atoms with E-state index in [0.717, 1.165) is 13.0 Å². The summed E-state index contributed by atoms with van der Waals surface area (Å²) < 4.78 is 10.7. The average Bonchev–Trinajstić information content (AvgIpc) is 3.06. The molecule has 3 fully saturated rings. The topological polar surface area (TPSA) is 62.3 Å². The fourth-order valence-corrected chi connectivity index (χ4v) is 3.57. The van der Waals surface area contributed by atoms with Gasteiger partial charge in [0.25, 0.3) is 0 Å². The van der Waals surface area contributed by atoms with Gasteiger partial charge in [0.05, 0.1) is 19.8 Å². The van der Waals surface area contributed by atoms with Crippen molar-refractivity contribution in [1.82, 2.24) is 14.7 Å². The summed E-state index contributed by atoms with van der Waals surface area (Å²) in [5.74, 6) is 0.171. The molecule has 2 atom stereocenters. The zero-order chi connectivity index (χ0) is 16.6. The molecule has 0 aromatic heterocycles. The summed E-state index contributed by atoms with van der Waals surface area (Å²) >= 11 is 0. The quantitative estimate of drug-likeness (QED) is 0.741. The van der Waals surface area contributed by atoms with Crippen molar-refractivity contribution in [3.8, 4) is 0 Å². The van der Waals surface area contributed by atoms with Crippen molar-refractivity contribution >= 4 is 12.0 Å². The Kier molecular flexibility index (Phi) is 4.51. The lowest BCUT2D eigenvalue weighted by Gasteiger charge is -2.36. The van der Waals surface area contributed by atoms with Gasteiger partial charge >= 0.3 is 6.09 Å². The van der Waals surface area contributed by atoms with Crippen LogP contribution in [0.2, 0.25) is 0 Å². The number of carbonyl (C=O) groups excluding carboxylic acids is 2. The number of likely N-dealkylation sites (tertiary alicyclic amines) is 2. The third-order valence-corrected chi connectivity index (χ3v) is 4.68. The molecule has 3 aliphatic heterocycles. The molecule has 0 saturated carbocycles. The number of carbonyl (C=O) groups is 2. The molecule has 3 saturated heterocycles. The van der Waals surface area contributed by atoms with Crippen LogP contribution < -0.4 is 0 Å².